The molecular weight excluding hydrogens is 530 g/mol. The molecule has 5 rings (SSSR count). The summed E-state index contributed by atoms with van der Waals surface area (Å²) in [5, 5.41) is 15.7. The smallest absolute Gasteiger partial charge is 0.271 e. The number of hydrogen-bond donors (Lipinski definition) is 1. The minimum Gasteiger partial charge on any atom is -0.493 e. The van der Waals surface area contributed by atoms with E-state index in [0.717, 1.165) is 23.9 Å². The number of amides is 1. The van der Waals surface area contributed by atoms with Crippen molar-refractivity contribution in [2.75, 3.05) is 13.1 Å². The summed E-state index contributed by atoms with van der Waals surface area (Å²) in [4.78, 5) is 37.6. The molecule has 0 saturated carbocycles. The normalized spacial score (nSPS) is 16.0. The standard InChI is InChI=1S/C27H25ClF2N6O3/c1-3-22(16-10-18(29)12-19(30)11-16)36-24(21-7-8-34(2)33-21)32-25(37)23(27(36)39)26(38)35-9-6-15(14-35)20-5-4-17(28)13-31-20/h4-5,7-8,10-13,15,22,37H,3,6,9,14H2,1-2H3/t15?,22-/m0/s1. The monoisotopic (exact) mass is 554 g/mol. The van der Waals surface area contributed by atoms with Crippen molar-refractivity contribution in [2.24, 2.45) is 7.05 Å². The number of likely N-dealkylation sites (tertiary alicyclic amines) is 1. The molecule has 12 heteroatoms. The Hall–Kier alpha value is -4.12. The fraction of sp³-hybridized carbons (Fsp3) is 0.296. The molecule has 2 atom stereocenters. The molecule has 0 radical (unpaired) electrons. The first-order valence-electron chi connectivity index (χ1n) is 12.4. The van der Waals surface area contributed by atoms with Crippen molar-refractivity contribution in [3.63, 3.8) is 0 Å². The van der Waals surface area contributed by atoms with Crippen molar-refractivity contribution in [3.8, 4) is 17.4 Å². The average Bonchev–Trinajstić information content (AvgIpc) is 3.55. The summed E-state index contributed by atoms with van der Waals surface area (Å²) in [5.74, 6) is -3.15. The third-order valence-electron chi connectivity index (χ3n) is 6.86. The maximum Gasteiger partial charge on any atom is 0.271 e. The molecule has 1 unspecified atom stereocenters. The molecule has 1 fully saturated rings. The summed E-state index contributed by atoms with van der Waals surface area (Å²) in [6.45, 7) is 2.35. The quantitative estimate of drug-likeness (QED) is 0.381. The maximum absolute atomic E-state index is 14.2. The number of aromatic hydroxyl groups is 1. The van der Waals surface area contributed by atoms with E-state index in [-0.39, 0.29) is 36.0 Å². The highest BCUT2D eigenvalue weighted by atomic mass is 35.5. The first-order chi connectivity index (χ1) is 18.7. The number of hydrogen-bond acceptors (Lipinski definition) is 6. The zero-order valence-corrected chi connectivity index (χ0v) is 21.9. The van der Waals surface area contributed by atoms with Gasteiger partial charge in [-0.15, -0.1) is 0 Å². The lowest BCUT2D eigenvalue weighted by Gasteiger charge is -2.24. The van der Waals surface area contributed by atoms with Crippen LogP contribution in [0.15, 0.2) is 53.6 Å². The van der Waals surface area contributed by atoms with Crippen molar-refractivity contribution in [2.45, 2.75) is 31.7 Å². The van der Waals surface area contributed by atoms with Gasteiger partial charge < -0.3 is 10.0 Å². The molecular formula is C27H25ClF2N6O3. The Morgan fingerprint density at radius 2 is 1.95 bits per heavy atom. The van der Waals surface area contributed by atoms with Crippen LogP contribution < -0.4 is 5.56 Å². The number of pyridine rings is 1. The molecule has 1 amide bonds. The van der Waals surface area contributed by atoms with Crippen LogP contribution in [-0.2, 0) is 7.05 Å². The SMILES string of the molecule is CC[C@@H](c1cc(F)cc(F)c1)n1c(-c2ccn(C)n2)nc(O)c(C(=O)N2CCC(c3ccc(Cl)cn3)C2)c1=O. The summed E-state index contributed by atoms with van der Waals surface area (Å²) < 4.78 is 31.0. The maximum atomic E-state index is 14.2. The largest absolute Gasteiger partial charge is 0.493 e. The van der Waals surface area contributed by atoms with Crippen molar-refractivity contribution in [1.29, 1.82) is 0 Å². The Balaban J connectivity index is 1.60. The molecule has 1 saturated heterocycles. The zero-order chi connectivity index (χ0) is 27.8. The lowest BCUT2D eigenvalue weighted by atomic mass is 10.0. The molecule has 1 N–H and O–H groups in total. The summed E-state index contributed by atoms with van der Waals surface area (Å²) >= 11 is 5.94. The van der Waals surface area contributed by atoms with Gasteiger partial charge in [-0.25, -0.2) is 8.78 Å². The third kappa shape index (κ3) is 5.14. The number of nitrogens with zero attached hydrogens (tertiary/aromatic N) is 6. The summed E-state index contributed by atoms with van der Waals surface area (Å²) in [6.07, 6.45) is 4.00. The van der Waals surface area contributed by atoms with Crippen LogP contribution in [0.25, 0.3) is 11.5 Å². The van der Waals surface area contributed by atoms with Crippen LogP contribution in [0, 0.1) is 11.6 Å². The average molecular weight is 555 g/mol. The molecule has 0 spiro atoms. The van der Waals surface area contributed by atoms with Crippen LogP contribution >= 0.6 is 11.6 Å². The zero-order valence-electron chi connectivity index (χ0n) is 21.2. The van der Waals surface area contributed by atoms with Crippen LogP contribution in [0.4, 0.5) is 8.78 Å². The molecule has 0 bridgehead atoms. The molecule has 4 heterocycles. The Labute approximate surface area is 227 Å². The van der Waals surface area contributed by atoms with E-state index in [1.54, 1.807) is 38.4 Å². The van der Waals surface area contributed by atoms with Crippen LogP contribution in [0.5, 0.6) is 5.88 Å². The Morgan fingerprint density at radius 3 is 2.56 bits per heavy atom. The molecule has 3 aromatic heterocycles. The number of benzene rings is 1. The minimum atomic E-state index is -0.899. The van der Waals surface area contributed by atoms with E-state index in [4.69, 9.17) is 11.6 Å². The molecule has 9 nitrogen and oxygen atoms in total. The number of aryl methyl sites for hydroxylation is 1. The lowest BCUT2D eigenvalue weighted by Crippen LogP contribution is -2.38. The fourth-order valence-electron chi connectivity index (χ4n) is 5.02. The van der Waals surface area contributed by atoms with Gasteiger partial charge in [-0.2, -0.15) is 10.1 Å². The topological polar surface area (TPSA) is 106 Å². The number of aromatic nitrogens is 5. The predicted molar refractivity (Wildman–Crippen MR) is 140 cm³/mol. The molecule has 1 aromatic carbocycles. The molecule has 0 aliphatic carbocycles. The highest BCUT2D eigenvalue weighted by Crippen LogP contribution is 2.31. The van der Waals surface area contributed by atoms with E-state index in [1.165, 1.54) is 20.3 Å². The number of halogens is 3. The van der Waals surface area contributed by atoms with E-state index in [9.17, 15) is 23.5 Å². The highest BCUT2D eigenvalue weighted by molar-refractivity contribution is 6.30. The second-order valence-electron chi connectivity index (χ2n) is 9.45. The predicted octanol–water partition coefficient (Wildman–Crippen LogP) is 4.31. The second kappa shape index (κ2) is 10.6. The van der Waals surface area contributed by atoms with Crippen molar-refractivity contribution < 1.29 is 18.7 Å². The van der Waals surface area contributed by atoms with Crippen LogP contribution in [-0.4, -0.2) is 53.3 Å². The lowest BCUT2D eigenvalue weighted by molar-refractivity contribution is 0.0784. The minimum absolute atomic E-state index is 0.0316. The summed E-state index contributed by atoms with van der Waals surface area (Å²) in [6, 6.07) is 7.20. The second-order valence-corrected chi connectivity index (χ2v) is 9.89. The first-order valence-corrected chi connectivity index (χ1v) is 12.8. The van der Waals surface area contributed by atoms with E-state index in [0.29, 0.717) is 18.0 Å². The summed E-state index contributed by atoms with van der Waals surface area (Å²) in [5.41, 5.74) is -0.170. The molecule has 39 heavy (non-hydrogen) atoms. The van der Waals surface area contributed by atoms with E-state index in [1.807, 2.05) is 0 Å². The number of rotatable bonds is 6. The van der Waals surface area contributed by atoms with E-state index >= 15 is 0 Å². The number of carbonyl (C=O) groups excluding carboxylic acids is 1. The van der Waals surface area contributed by atoms with Gasteiger partial charge in [0.15, 0.2) is 11.4 Å². The van der Waals surface area contributed by atoms with Gasteiger partial charge in [0, 0.05) is 50.2 Å². The van der Waals surface area contributed by atoms with Crippen molar-refractivity contribution >= 4 is 17.5 Å². The van der Waals surface area contributed by atoms with Gasteiger partial charge in [-0.1, -0.05) is 18.5 Å². The van der Waals surface area contributed by atoms with Gasteiger partial charge in [0.05, 0.1) is 11.1 Å². The molecule has 4 aromatic rings. The summed E-state index contributed by atoms with van der Waals surface area (Å²) in [7, 11) is 1.67. The fourth-order valence-corrected chi connectivity index (χ4v) is 5.13. The molecule has 1 aliphatic heterocycles. The molecule has 1 aliphatic rings. The Kier molecular flexibility index (Phi) is 7.17. The van der Waals surface area contributed by atoms with Gasteiger partial charge in [0.25, 0.3) is 11.5 Å². The Bertz CT molecular complexity index is 1580. The first kappa shape index (κ1) is 26.5. The van der Waals surface area contributed by atoms with Crippen molar-refractivity contribution in [1.82, 2.24) is 29.2 Å². The van der Waals surface area contributed by atoms with E-state index < -0.39 is 40.6 Å². The number of carbonyl (C=O) groups is 1. The van der Waals surface area contributed by atoms with Gasteiger partial charge in [0.1, 0.15) is 17.3 Å². The van der Waals surface area contributed by atoms with Crippen LogP contribution in [0.3, 0.4) is 0 Å². The van der Waals surface area contributed by atoms with Crippen LogP contribution in [0.1, 0.15) is 53.3 Å². The third-order valence-corrected chi connectivity index (χ3v) is 7.09. The van der Waals surface area contributed by atoms with Gasteiger partial charge in [-0.3, -0.25) is 23.8 Å². The van der Waals surface area contributed by atoms with Gasteiger partial charge in [0.2, 0.25) is 5.88 Å². The van der Waals surface area contributed by atoms with Crippen LogP contribution in [0.2, 0.25) is 5.02 Å². The van der Waals surface area contributed by atoms with E-state index in [2.05, 4.69) is 15.1 Å². The molecule has 202 valence electrons. The van der Waals surface area contributed by atoms with Crippen molar-refractivity contribution in [3.05, 3.63) is 92.6 Å². The van der Waals surface area contributed by atoms with Gasteiger partial charge in [-0.05, 0) is 48.7 Å². The Morgan fingerprint density at radius 1 is 1.21 bits per heavy atom. The van der Waals surface area contributed by atoms with Gasteiger partial charge >= 0.3 is 0 Å². The highest BCUT2D eigenvalue weighted by Gasteiger charge is 2.34.